The van der Waals surface area contributed by atoms with Crippen molar-refractivity contribution in [2.24, 2.45) is 5.73 Å². The number of ether oxygens (including phenoxy) is 1. The van der Waals surface area contributed by atoms with Gasteiger partial charge in [-0.2, -0.15) is 5.26 Å². The van der Waals surface area contributed by atoms with E-state index in [9.17, 15) is 24.0 Å². The zero-order valence-electron chi connectivity index (χ0n) is 51.4. The minimum Gasteiger partial charge on any atom is -0.497 e. The van der Waals surface area contributed by atoms with Crippen LogP contribution in [0.5, 0.6) is 5.75 Å². The van der Waals surface area contributed by atoms with Crippen molar-refractivity contribution in [2.75, 3.05) is 39.8 Å². The van der Waals surface area contributed by atoms with Gasteiger partial charge in [0.05, 0.1) is 77.7 Å². The Labute approximate surface area is 560 Å². The number of carbonyl (C=O) groups is 5. The number of nitrogen functional groups attached to an aromatic ring is 2. The van der Waals surface area contributed by atoms with Crippen molar-refractivity contribution >= 4 is 63.9 Å². The second-order valence-corrected chi connectivity index (χ2v) is 20.4. The Hall–Kier alpha value is -13.7. The lowest BCUT2D eigenvalue weighted by atomic mass is 10.1. The molecule has 8 aromatic carbocycles. The first-order valence-corrected chi connectivity index (χ1v) is 29.1. The molecule has 0 aliphatic rings. The van der Waals surface area contributed by atoms with E-state index < -0.39 is 17.7 Å². The number of anilines is 6. The second-order valence-electron chi connectivity index (χ2n) is 20.4. The summed E-state index contributed by atoms with van der Waals surface area (Å²) in [7, 11) is 1.58. The minimum absolute atomic E-state index is 0. The number of hydrogen-bond acceptors (Lipinski definition) is 17. The SMILES string of the molecule is COc1cccc(NC(=O)c2nc(-c3ccccc3)cnc2C)c1.Cc1ncc(-c2ccccc2)nc1C(=O)Nc1cccc(C(N)=O)c1.N#Cc1cccc(NC(=O)c2nc(-c3ccccc3)cnc2N)c1.Nc1ncc(-c2ccccc2)nc1C(=O)Nc1ccccc1.[HH].[HH].[HH].[HH].[HH].[HH].[HH].[HH].[HH].[HH]. The molecule has 22 heteroatoms. The number of carbonyl (C=O) groups excluding carboxylic acids is 5. The van der Waals surface area contributed by atoms with Gasteiger partial charge in [-0.15, -0.1) is 0 Å². The number of methoxy groups -OCH3 is 1. The van der Waals surface area contributed by atoms with Crippen molar-refractivity contribution in [3.63, 3.8) is 0 Å². The fourth-order valence-electron chi connectivity index (χ4n) is 8.85. The van der Waals surface area contributed by atoms with Crippen LogP contribution in [0.15, 0.2) is 249 Å². The molecule has 0 fully saturated rings. The van der Waals surface area contributed by atoms with E-state index in [4.69, 9.17) is 27.2 Å². The van der Waals surface area contributed by atoms with Crippen LogP contribution in [0.3, 0.4) is 0 Å². The summed E-state index contributed by atoms with van der Waals surface area (Å²) in [5, 5.41) is 19.9. The molecule has 95 heavy (non-hydrogen) atoms. The van der Waals surface area contributed by atoms with Gasteiger partial charge < -0.3 is 43.2 Å². The van der Waals surface area contributed by atoms with Crippen LogP contribution in [0.2, 0.25) is 0 Å². The van der Waals surface area contributed by atoms with Gasteiger partial charge in [-0.25, -0.2) is 29.9 Å². The number of amides is 5. The van der Waals surface area contributed by atoms with Crippen LogP contribution in [0.25, 0.3) is 45.0 Å². The first kappa shape index (κ1) is 65.8. The van der Waals surface area contributed by atoms with Crippen molar-refractivity contribution in [3.05, 3.63) is 295 Å². The van der Waals surface area contributed by atoms with E-state index in [1.165, 1.54) is 12.3 Å². The van der Waals surface area contributed by atoms with Gasteiger partial charge in [0.25, 0.3) is 23.6 Å². The number of benzene rings is 8. The molecule has 0 unspecified atom stereocenters. The van der Waals surface area contributed by atoms with Crippen LogP contribution < -0.4 is 43.2 Å². The van der Waals surface area contributed by atoms with Gasteiger partial charge in [-0.1, -0.05) is 158 Å². The van der Waals surface area contributed by atoms with Gasteiger partial charge >= 0.3 is 0 Å². The predicted octanol–water partition coefficient (Wildman–Crippen LogP) is 14.8. The topological polar surface area (TPSA) is 348 Å². The van der Waals surface area contributed by atoms with Crippen molar-refractivity contribution in [1.82, 2.24) is 39.9 Å². The molecule has 0 bridgehead atoms. The molecule has 488 valence electrons. The number of primary amides is 1. The van der Waals surface area contributed by atoms with Crippen molar-refractivity contribution in [1.29, 1.82) is 5.26 Å². The van der Waals surface area contributed by atoms with Crippen molar-refractivity contribution in [2.45, 2.75) is 13.8 Å². The third-order valence-corrected chi connectivity index (χ3v) is 13.7. The highest BCUT2D eigenvalue weighted by molar-refractivity contribution is 6.07. The molecule has 0 spiro atoms. The lowest BCUT2D eigenvalue weighted by Gasteiger charge is -2.09. The van der Waals surface area contributed by atoms with E-state index in [0.717, 1.165) is 22.3 Å². The van der Waals surface area contributed by atoms with Crippen LogP contribution in [0, 0.1) is 25.2 Å². The van der Waals surface area contributed by atoms with E-state index in [0.29, 0.717) is 79.5 Å². The van der Waals surface area contributed by atoms with Crippen LogP contribution in [-0.4, -0.2) is 76.5 Å². The second kappa shape index (κ2) is 32.2. The molecule has 0 saturated carbocycles. The summed E-state index contributed by atoms with van der Waals surface area (Å²) in [5.41, 5.74) is 27.6. The third-order valence-electron chi connectivity index (χ3n) is 13.7. The average Bonchev–Trinajstić information content (AvgIpc) is 0.842. The Balaban J connectivity index is 0. The molecule has 0 radical (unpaired) electrons. The van der Waals surface area contributed by atoms with E-state index in [-0.39, 0.29) is 54.8 Å². The highest BCUT2D eigenvalue weighted by atomic mass is 16.5. The fraction of sp³-hybridized carbons (Fsp3) is 0.0411. The Bertz CT molecular complexity index is 4770. The smallest absolute Gasteiger partial charge is 0.278 e. The standard InChI is InChI=1S/C19H16N4O2.C19H17N3O2.C18H13N5O.C17H14N4O.10H2/c1-12-17(23-16(11-21-12)13-6-3-2-4-7-13)19(25)22-15-9-5-8-14(10-15)18(20)24;1-13-18(19(23)21-15-9-6-10-16(11-15)24-2)22-17(12-20-13)14-7-4-3-5-8-14;19-10-12-5-4-8-14(9-12)22-18(24)16-17(20)21-11-15(23-16)13-6-2-1-3-7-13;18-16-15(17(22)20-13-9-5-2-6-10-13)21-14(11-19-16)12-7-3-1-4-8-12;;;;;;;;;;/h2-11H,1H3,(H2,20,24)(H,22,25);3-12H,1-2H3,(H,21,23);1-9,11H,(H2,20,21)(H,22,24);1-11H,(H2,18,19)(H,20,22);10*1H. The molecule has 0 atom stereocenters. The van der Waals surface area contributed by atoms with Crippen LogP contribution >= 0.6 is 0 Å². The molecular weight excluding hydrogens is 1200 g/mol. The number of nitrogens with zero attached hydrogens (tertiary/aromatic N) is 9. The van der Waals surface area contributed by atoms with E-state index in [1.54, 1.807) is 106 Å². The number of rotatable bonds is 14. The summed E-state index contributed by atoms with van der Waals surface area (Å²) in [6, 6.07) is 69.4. The monoisotopic (exact) mass is 1280 g/mol. The molecule has 0 aliphatic heterocycles. The molecular formula is C73H80N16O6. The summed E-state index contributed by atoms with van der Waals surface area (Å²) in [4.78, 5) is 95.4. The first-order valence-electron chi connectivity index (χ1n) is 29.1. The molecule has 0 saturated heterocycles. The highest BCUT2D eigenvalue weighted by Gasteiger charge is 2.19. The normalized spacial score (nSPS) is 10.2. The molecule has 4 heterocycles. The molecule has 4 aromatic heterocycles. The van der Waals surface area contributed by atoms with Crippen LogP contribution in [0.1, 0.15) is 83.5 Å². The van der Waals surface area contributed by atoms with Crippen molar-refractivity contribution < 1.29 is 43.0 Å². The Morgan fingerprint density at radius 2 is 0.726 bits per heavy atom. The van der Waals surface area contributed by atoms with Gasteiger partial charge in [0.2, 0.25) is 5.91 Å². The summed E-state index contributed by atoms with van der Waals surface area (Å²) in [6.45, 7) is 3.48. The van der Waals surface area contributed by atoms with Crippen molar-refractivity contribution in [3.8, 4) is 56.8 Å². The Kier molecular flexibility index (Phi) is 22.3. The third kappa shape index (κ3) is 18.2. The lowest BCUT2D eigenvalue weighted by molar-refractivity contribution is 0.0993. The van der Waals surface area contributed by atoms with Crippen LogP contribution in [0.4, 0.5) is 34.4 Å². The maximum Gasteiger partial charge on any atom is 0.278 e. The van der Waals surface area contributed by atoms with Gasteiger partial charge in [-0.05, 0) is 74.5 Å². The van der Waals surface area contributed by atoms with E-state index in [2.05, 4.69) is 61.1 Å². The lowest BCUT2D eigenvalue weighted by Crippen LogP contribution is -2.17. The number of aromatic nitrogens is 8. The summed E-state index contributed by atoms with van der Waals surface area (Å²) >= 11 is 0. The summed E-state index contributed by atoms with van der Waals surface area (Å²) < 4.78 is 5.16. The summed E-state index contributed by atoms with van der Waals surface area (Å²) in [6.07, 6.45) is 6.39. The van der Waals surface area contributed by atoms with Crippen LogP contribution in [-0.2, 0) is 0 Å². The van der Waals surface area contributed by atoms with Gasteiger partial charge in [0.1, 0.15) is 17.1 Å². The summed E-state index contributed by atoms with van der Waals surface area (Å²) in [5.74, 6) is -1.29. The fourth-order valence-corrected chi connectivity index (χ4v) is 8.85. The number of para-hydroxylation sites is 1. The molecule has 22 nitrogen and oxygen atoms in total. The Morgan fingerprint density at radius 3 is 1.13 bits per heavy atom. The molecule has 12 rings (SSSR count). The predicted molar refractivity (Wildman–Crippen MR) is 387 cm³/mol. The van der Waals surface area contributed by atoms with E-state index in [1.807, 2.05) is 158 Å². The number of hydrogen-bond donors (Lipinski definition) is 7. The molecule has 0 aliphatic carbocycles. The molecule has 5 amide bonds. The van der Waals surface area contributed by atoms with E-state index >= 15 is 0 Å². The number of nitriles is 1. The first-order chi connectivity index (χ1) is 46.1. The number of nitrogens with one attached hydrogen (secondary N) is 4. The molecule has 12 aromatic rings. The van der Waals surface area contributed by atoms with Gasteiger partial charge in [-0.3, -0.25) is 33.9 Å². The zero-order valence-corrected chi connectivity index (χ0v) is 51.4. The largest absolute Gasteiger partial charge is 0.497 e. The zero-order chi connectivity index (χ0) is 67.1. The molecule has 10 N–H and O–H groups in total. The highest BCUT2D eigenvalue weighted by Crippen LogP contribution is 2.24. The minimum atomic E-state index is -0.557. The Morgan fingerprint density at radius 1 is 0.400 bits per heavy atom. The quantitative estimate of drug-likeness (QED) is 0.0532. The maximum atomic E-state index is 12.6. The van der Waals surface area contributed by atoms with Gasteiger partial charge in [0, 0.05) is 70.9 Å². The maximum absolute atomic E-state index is 12.6. The number of nitrogens with two attached hydrogens (primary N) is 3. The average molecular weight is 1280 g/mol. The number of aryl methyl sites for hydroxylation is 2. The van der Waals surface area contributed by atoms with Gasteiger partial charge in [0.15, 0.2) is 23.0 Å².